The van der Waals surface area contributed by atoms with Crippen LogP contribution in [0.4, 0.5) is 0 Å². The molecule has 0 aliphatic carbocycles. The molecule has 0 N–H and O–H groups in total. The highest BCUT2D eigenvalue weighted by molar-refractivity contribution is 6.14. The van der Waals surface area contributed by atoms with Crippen LogP contribution in [-0.4, -0.2) is 40.3 Å². The van der Waals surface area contributed by atoms with Gasteiger partial charge < -0.3 is 23.7 Å². The van der Waals surface area contributed by atoms with Crippen LogP contribution >= 0.6 is 0 Å². The highest BCUT2D eigenvalue weighted by Gasteiger charge is 2.27. The molecule has 0 saturated heterocycles. The summed E-state index contributed by atoms with van der Waals surface area (Å²) >= 11 is 0. The molecular weight excluding hydrogens is 362 g/mol. The number of cyclic esters (lactones) is 1. The van der Waals surface area contributed by atoms with Crippen molar-refractivity contribution in [3.63, 3.8) is 0 Å². The van der Waals surface area contributed by atoms with Crippen LogP contribution in [-0.2, 0) is 9.53 Å². The van der Waals surface area contributed by atoms with Crippen molar-refractivity contribution in [2.75, 3.05) is 28.4 Å². The molecule has 0 atom stereocenters. The third-order valence-electron chi connectivity index (χ3n) is 4.26. The Hall–Kier alpha value is -3.48. The van der Waals surface area contributed by atoms with E-state index in [4.69, 9.17) is 23.7 Å². The average molecular weight is 383 g/mol. The molecule has 0 amide bonds. The molecule has 0 aromatic heterocycles. The lowest BCUT2D eigenvalue weighted by Gasteiger charge is -2.12. The summed E-state index contributed by atoms with van der Waals surface area (Å²) in [5.41, 5.74) is 2.35. The highest BCUT2D eigenvalue weighted by atomic mass is 16.6. The minimum Gasteiger partial charge on any atom is -0.496 e. The fraction of sp³-hybridized carbons (Fsp3) is 0.238. The maximum Gasteiger partial charge on any atom is 0.363 e. The van der Waals surface area contributed by atoms with Crippen molar-refractivity contribution < 1.29 is 28.5 Å². The molecule has 0 saturated carbocycles. The van der Waals surface area contributed by atoms with Gasteiger partial charge in [-0.25, -0.2) is 9.79 Å². The van der Waals surface area contributed by atoms with Crippen molar-refractivity contribution in [1.29, 1.82) is 0 Å². The van der Waals surface area contributed by atoms with Gasteiger partial charge in [0.05, 0.1) is 34.0 Å². The van der Waals surface area contributed by atoms with Crippen molar-refractivity contribution in [2.24, 2.45) is 4.99 Å². The number of aryl methyl sites for hydroxylation is 1. The second kappa shape index (κ2) is 8.04. The lowest BCUT2D eigenvalue weighted by Crippen LogP contribution is -2.07. The Morgan fingerprint density at radius 1 is 0.929 bits per heavy atom. The van der Waals surface area contributed by atoms with Crippen molar-refractivity contribution in [3.8, 4) is 23.0 Å². The Morgan fingerprint density at radius 2 is 1.57 bits per heavy atom. The SMILES string of the molecule is COc1cc(/C=C2/N=C(c3cccc(C)c3OC)OC2=O)cc(OC)c1OC. The number of benzene rings is 2. The van der Waals surface area contributed by atoms with Gasteiger partial charge in [-0.05, 0) is 42.3 Å². The Bertz CT molecular complexity index is 952. The molecule has 28 heavy (non-hydrogen) atoms. The molecule has 2 aromatic rings. The zero-order valence-corrected chi connectivity index (χ0v) is 16.4. The van der Waals surface area contributed by atoms with Crippen LogP contribution in [0.5, 0.6) is 23.0 Å². The maximum atomic E-state index is 12.3. The molecule has 0 bridgehead atoms. The predicted molar refractivity (Wildman–Crippen MR) is 104 cm³/mol. The molecule has 146 valence electrons. The first-order valence-electron chi connectivity index (χ1n) is 8.49. The van der Waals surface area contributed by atoms with Crippen molar-refractivity contribution in [2.45, 2.75) is 6.92 Å². The molecular formula is C21H21NO6. The van der Waals surface area contributed by atoms with Crippen LogP contribution in [0.2, 0.25) is 0 Å². The first kappa shape index (κ1) is 19.3. The van der Waals surface area contributed by atoms with Crippen LogP contribution in [0.1, 0.15) is 16.7 Å². The van der Waals surface area contributed by atoms with E-state index in [9.17, 15) is 4.79 Å². The smallest absolute Gasteiger partial charge is 0.363 e. The fourth-order valence-corrected chi connectivity index (χ4v) is 2.96. The minimum absolute atomic E-state index is 0.160. The van der Waals surface area contributed by atoms with Crippen LogP contribution < -0.4 is 18.9 Å². The summed E-state index contributed by atoms with van der Waals surface area (Å²) < 4.78 is 26.8. The van der Waals surface area contributed by atoms with Gasteiger partial charge in [0.15, 0.2) is 17.2 Å². The normalized spacial score (nSPS) is 14.5. The number of hydrogen-bond acceptors (Lipinski definition) is 7. The lowest BCUT2D eigenvalue weighted by atomic mass is 10.1. The van der Waals surface area contributed by atoms with E-state index in [0.29, 0.717) is 34.1 Å². The Kier molecular flexibility index (Phi) is 5.54. The zero-order valence-electron chi connectivity index (χ0n) is 16.4. The van der Waals surface area contributed by atoms with E-state index in [2.05, 4.69) is 4.99 Å². The lowest BCUT2D eigenvalue weighted by molar-refractivity contribution is -0.129. The fourth-order valence-electron chi connectivity index (χ4n) is 2.96. The molecule has 0 unspecified atom stereocenters. The summed E-state index contributed by atoms with van der Waals surface area (Å²) in [6.45, 7) is 1.91. The summed E-state index contributed by atoms with van der Waals surface area (Å²) in [6, 6.07) is 9.00. The number of rotatable bonds is 6. The van der Waals surface area contributed by atoms with Gasteiger partial charge in [0, 0.05) is 0 Å². The van der Waals surface area contributed by atoms with Crippen molar-refractivity contribution in [3.05, 3.63) is 52.7 Å². The van der Waals surface area contributed by atoms with Gasteiger partial charge in [0.2, 0.25) is 11.6 Å². The van der Waals surface area contributed by atoms with Crippen LogP contribution in [0.3, 0.4) is 0 Å². The number of esters is 1. The number of methoxy groups -OCH3 is 4. The van der Waals surface area contributed by atoms with E-state index in [1.54, 1.807) is 31.4 Å². The average Bonchev–Trinajstić information content (AvgIpc) is 3.07. The van der Waals surface area contributed by atoms with E-state index in [-0.39, 0.29) is 11.6 Å². The minimum atomic E-state index is -0.549. The second-order valence-corrected chi connectivity index (χ2v) is 5.95. The summed E-state index contributed by atoms with van der Waals surface area (Å²) in [7, 11) is 6.14. The van der Waals surface area contributed by atoms with Gasteiger partial charge in [-0.2, -0.15) is 0 Å². The topological polar surface area (TPSA) is 75.6 Å². The molecule has 7 heteroatoms. The largest absolute Gasteiger partial charge is 0.496 e. The molecule has 1 heterocycles. The zero-order chi connectivity index (χ0) is 20.3. The van der Waals surface area contributed by atoms with Gasteiger partial charge in [-0.1, -0.05) is 12.1 Å². The van der Waals surface area contributed by atoms with Gasteiger partial charge in [-0.3, -0.25) is 0 Å². The summed E-state index contributed by atoms with van der Waals surface area (Å²) in [5, 5.41) is 0. The van der Waals surface area contributed by atoms with Crippen LogP contribution in [0.15, 0.2) is 41.0 Å². The maximum absolute atomic E-state index is 12.3. The van der Waals surface area contributed by atoms with Crippen LogP contribution in [0, 0.1) is 6.92 Å². The molecule has 2 aromatic carbocycles. The number of para-hydroxylation sites is 1. The molecule has 0 fully saturated rings. The van der Waals surface area contributed by atoms with Gasteiger partial charge in [0.25, 0.3) is 0 Å². The van der Waals surface area contributed by atoms with Crippen LogP contribution in [0.25, 0.3) is 6.08 Å². The molecule has 1 aliphatic heterocycles. The molecule has 1 aliphatic rings. The molecule has 0 spiro atoms. The third-order valence-corrected chi connectivity index (χ3v) is 4.26. The number of carbonyl (C=O) groups excluding carboxylic acids is 1. The molecule has 3 rings (SSSR count). The number of hydrogen-bond donors (Lipinski definition) is 0. The van der Waals surface area contributed by atoms with E-state index in [1.165, 1.54) is 21.3 Å². The Labute approximate surface area is 163 Å². The summed E-state index contributed by atoms with van der Waals surface area (Å²) in [4.78, 5) is 16.7. The Morgan fingerprint density at radius 3 is 2.14 bits per heavy atom. The quantitative estimate of drug-likeness (QED) is 0.562. The molecule has 0 radical (unpaired) electrons. The first-order valence-corrected chi connectivity index (χ1v) is 8.49. The van der Waals surface area contributed by atoms with Gasteiger partial charge in [-0.15, -0.1) is 0 Å². The number of ether oxygens (including phenoxy) is 5. The number of carbonyl (C=O) groups is 1. The van der Waals surface area contributed by atoms with E-state index >= 15 is 0 Å². The first-order chi connectivity index (χ1) is 13.5. The van der Waals surface area contributed by atoms with E-state index in [0.717, 1.165) is 5.56 Å². The second-order valence-electron chi connectivity index (χ2n) is 5.95. The van der Waals surface area contributed by atoms with E-state index < -0.39 is 5.97 Å². The highest BCUT2D eigenvalue weighted by Crippen LogP contribution is 2.39. The predicted octanol–water partition coefficient (Wildman–Crippen LogP) is 3.37. The molecule has 7 nitrogen and oxygen atoms in total. The number of nitrogens with zero attached hydrogens (tertiary/aromatic N) is 1. The summed E-state index contributed by atoms with van der Waals surface area (Å²) in [5.74, 6) is 1.68. The van der Waals surface area contributed by atoms with Crippen molar-refractivity contribution >= 4 is 17.9 Å². The third kappa shape index (κ3) is 3.51. The van der Waals surface area contributed by atoms with Crippen molar-refractivity contribution in [1.82, 2.24) is 0 Å². The number of aliphatic imine (C=N–C) groups is 1. The summed E-state index contributed by atoms with van der Waals surface area (Å²) in [6.07, 6.45) is 1.60. The monoisotopic (exact) mass is 383 g/mol. The van der Waals surface area contributed by atoms with Gasteiger partial charge >= 0.3 is 5.97 Å². The standard InChI is InChI=1S/C21H21NO6/c1-12-7-6-8-14(18(12)26-4)20-22-15(21(23)28-20)9-13-10-16(24-2)19(27-5)17(11-13)25-3/h6-11H,1-5H3/b15-9+. The Balaban J connectivity index is 2.04. The van der Waals surface area contributed by atoms with Gasteiger partial charge in [0.1, 0.15) is 5.75 Å². The van der Waals surface area contributed by atoms with E-state index in [1.807, 2.05) is 19.1 Å².